The van der Waals surface area contributed by atoms with Gasteiger partial charge in [-0.05, 0) is 56.7 Å². The number of likely N-dealkylation sites (tertiary alicyclic amines) is 1. The van der Waals surface area contributed by atoms with Gasteiger partial charge in [-0.1, -0.05) is 12.1 Å². The molecule has 1 heterocycles. The fourth-order valence-corrected chi connectivity index (χ4v) is 3.11. The lowest BCUT2D eigenvalue weighted by atomic mass is 10.0. The summed E-state index contributed by atoms with van der Waals surface area (Å²) in [6.45, 7) is 3.20. The summed E-state index contributed by atoms with van der Waals surface area (Å²) < 4.78 is 18.8. The zero-order chi connectivity index (χ0) is 16.8. The number of amides is 1. The molecule has 2 fully saturated rings. The van der Waals surface area contributed by atoms with Gasteiger partial charge in [-0.25, -0.2) is 4.39 Å². The number of nitrogens with one attached hydrogen (secondary N) is 1. The van der Waals surface area contributed by atoms with Crippen molar-refractivity contribution >= 4 is 5.91 Å². The maximum atomic E-state index is 13.4. The number of carbonyl (C=O) groups is 1. The van der Waals surface area contributed by atoms with Crippen LogP contribution in [0.4, 0.5) is 4.39 Å². The van der Waals surface area contributed by atoms with E-state index in [2.05, 4.69) is 5.32 Å². The van der Waals surface area contributed by atoms with Gasteiger partial charge in [0.05, 0.1) is 6.61 Å². The molecule has 3 rings (SSSR count). The van der Waals surface area contributed by atoms with Gasteiger partial charge in [-0.3, -0.25) is 4.79 Å². The summed E-state index contributed by atoms with van der Waals surface area (Å²) in [5.41, 5.74) is 0. The number of para-hydroxylation sites is 1. The largest absolute Gasteiger partial charge is 0.491 e. The van der Waals surface area contributed by atoms with Crippen LogP contribution in [0.25, 0.3) is 0 Å². The van der Waals surface area contributed by atoms with Crippen LogP contribution in [0.15, 0.2) is 24.3 Å². The predicted octanol–water partition coefficient (Wildman–Crippen LogP) is 2.98. The summed E-state index contributed by atoms with van der Waals surface area (Å²) in [4.78, 5) is 14.2. The Morgan fingerprint density at radius 1 is 1.21 bits per heavy atom. The van der Waals surface area contributed by atoms with E-state index >= 15 is 0 Å². The minimum atomic E-state index is -0.357. The minimum Gasteiger partial charge on any atom is -0.491 e. The zero-order valence-electron chi connectivity index (χ0n) is 14.2. The second-order valence-corrected chi connectivity index (χ2v) is 6.89. The van der Waals surface area contributed by atoms with Gasteiger partial charge in [-0.2, -0.15) is 0 Å². The first kappa shape index (κ1) is 17.2. The number of benzene rings is 1. The Bertz CT molecular complexity index is 540. The van der Waals surface area contributed by atoms with Crippen molar-refractivity contribution in [3.63, 3.8) is 0 Å². The first-order chi connectivity index (χ1) is 11.7. The van der Waals surface area contributed by atoms with Crippen molar-refractivity contribution in [3.05, 3.63) is 30.1 Å². The Morgan fingerprint density at radius 3 is 2.67 bits per heavy atom. The van der Waals surface area contributed by atoms with E-state index in [1.54, 1.807) is 18.2 Å². The predicted molar refractivity (Wildman–Crippen MR) is 91.5 cm³/mol. The average molecular weight is 334 g/mol. The van der Waals surface area contributed by atoms with E-state index < -0.39 is 0 Å². The van der Waals surface area contributed by atoms with Gasteiger partial charge in [0.2, 0.25) is 5.91 Å². The van der Waals surface area contributed by atoms with Crippen LogP contribution in [0.2, 0.25) is 0 Å². The number of halogens is 1. The summed E-state index contributed by atoms with van der Waals surface area (Å²) in [6, 6.07) is 6.93. The van der Waals surface area contributed by atoms with Gasteiger partial charge < -0.3 is 15.0 Å². The molecule has 0 bridgehead atoms. The molecule has 1 saturated heterocycles. The lowest BCUT2D eigenvalue weighted by Crippen LogP contribution is -2.45. The summed E-state index contributed by atoms with van der Waals surface area (Å²) >= 11 is 0. The molecule has 1 amide bonds. The SMILES string of the molecule is O=C(CCCOc1ccccc1F)N1CCC(NCC2CC2)CC1. The number of rotatable bonds is 8. The van der Waals surface area contributed by atoms with E-state index in [-0.39, 0.29) is 17.5 Å². The Balaban J connectivity index is 1.29. The van der Waals surface area contributed by atoms with Gasteiger partial charge in [0.15, 0.2) is 11.6 Å². The average Bonchev–Trinajstić information content (AvgIpc) is 3.43. The highest BCUT2D eigenvalue weighted by Gasteiger charge is 2.25. The highest BCUT2D eigenvalue weighted by atomic mass is 19.1. The number of piperidine rings is 1. The second-order valence-electron chi connectivity index (χ2n) is 6.89. The van der Waals surface area contributed by atoms with Gasteiger partial charge >= 0.3 is 0 Å². The van der Waals surface area contributed by atoms with Crippen LogP contribution in [-0.4, -0.2) is 43.1 Å². The fourth-order valence-electron chi connectivity index (χ4n) is 3.11. The van der Waals surface area contributed by atoms with Gasteiger partial charge in [0.25, 0.3) is 0 Å². The molecule has 0 atom stereocenters. The van der Waals surface area contributed by atoms with Crippen LogP contribution in [0.1, 0.15) is 38.5 Å². The molecule has 0 radical (unpaired) electrons. The Kier molecular flexibility index (Phi) is 6.07. The van der Waals surface area contributed by atoms with Crippen LogP contribution >= 0.6 is 0 Å². The molecule has 5 heteroatoms. The molecule has 1 saturated carbocycles. The van der Waals surface area contributed by atoms with Crippen LogP contribution in [0.5, 0.6) is 5.75 Å². The lowest BCUT2D eigenvalue weighted by Gasteiger charge is -2.32. The first-order valence-corrected chi connectivity index (χ1v) is 9.11. The number of hydrogen-bond donors (Lipinski definition) is 1. The fraction of sp³-hybridized carbons (Fsp3) is 0.632. The highest BCUT2D eigenvalue weighted by molar-refractivity contribution is 5.76. The van der Waals surface area contributed by atoms with Crippen molar-refractivity contribution in [1.29, 1.82) is 0 Å². The van der Waals surface area contributed by atoms with E-state index in [1.165, 1.54) is 18.9 Å². The van der Waals surface area contributed by atoms with Crippen molar-refractivity contribution in [2.24, 2.45) is 5.92 Å². The Labute approximate surface area is 143 Å². The van der Waals surface area contributed by atoms with Crippen molar-refractivity contribution < 1.29 is 13.9 Å². The first-order valence-electron chi connectivity index (χ1n) is 9.11. The molecule has 4 nitrogen and oxygen atoms in total. The van der Waals surface area contributed by atoms with Crippen LogP contribution in [0.3, 0.4) is 0 Å². The molecule has 1 aromatic rings. The summed E-state index contributed by atoms with van der Waals surface area (Å²) in [7, 11) is 0. The maximum absolute atomic E-state index is 13.4. The third-order valence-corrected chi connectivity index (χ3v) is 4.87. The van der Waals surface area contributed by atoms with Gasteiger partial charge in [0.1, 0.15) is 0 Å². The highest BCUT2D eigenvalue weighted by Crippen LogP contribution is 2.28. The topological polar surface area (TPSA) is 41.6 Å². The monoisotopic (exact) mass is 334 g/mol. The van der Waals surface area contributed by atoms with E-state index in [4.69, 9.17) is 4.74 Å². The normalized spacial score (nSPS) is 18.6. The number of nitrogens with zero attached hydrogens (tertiary/aromatic N) is 1. The van der Waals surface area contributed by atoms with Crippen LogP contribution in [-0.2, 0) is 4.79 Å². The second kappa shape index (κ2) is 8.47. The summed E-state index contributed by atoms with van der Waals surface area (Å²) in [6.07, 6.45) is 5.93. The molecule has 24 heavy (non-hydrogen) atoms. The molecule has 1 aliphatic heterocycles. The summed E-state index contributed by atoms with van der Waals surface area (Å²) in [5, 5.41) is 3.63. The third-order valence-electron chi connectivity index (χ3n) is 4.87. The molecule has 0 unspecified atom stereocenters. The van der Waals surface area contributed by atoms with E-state index in [0.29, 0.717) is 25.5 Å². The molecular weight excluding hydrogens is 307 g/mol. The molecule has 2 aliphatic rings. The Hall–Kier alpha value is -1.62. The number of hydrogen-bond acceptors (Lipinski definition) is 3. The quantitative estimate of drug-likeness (QED) is 0.743. The van der Waals surface area contributed by atoms with Gasteiger partial charge in [0, 0.05) is 25.6 Å². The van der Waals surface area contributed by atoms with E-state index in [9.17, 15) is 9.18 Å². The van der Waals surface area contributed by atoms with Crippen molar-refractivity contribution in [3.8, 4) is 5.75 Å². The minimum absolute atomic E-state index is 0.188. The van der Waals surface area contributed by atoms with Crippen molar-refractivity contribution in [2.75, 3.05) is 26.2 Å². The van der Waals surface area contributed by atoms with Crippen LogP contribution < -0.4 is 10.1 Å². The molecule has 0 spiro atoms. The van der Waals surface area contributed by atoms with Crippen molar-refractivity contribution in [1.82, 2.24) is 10.2 Å². The Morgan fingerprint density at radius 2 is 1.96 bits per heavy atom. The molecule has 1 N–H and O–H groups in total. The molecule has 0 aromatic heterocycles. The van der Waals surface area contributed by atoms with Gasteiger partial charge in [-0.15, -0.1) is 0 Å². The standard InChI is InChI=1S/C19H27FN2O2/c20-17-4-1-2-5-18(17)24-13-3-6-19(23)22-11-9-16(10-12-22)21-14-15-7-8-15/h1-2,4-5,15-16,21H,3,6-14H2. The molecule has 1 aliphatic carbocycles. The number of carbonyl (C=O) groups excluding carboxylic acids is 1. The maximum Gasteiger partial charge on any atom is 0.222 e. The smallest absolute Gasteiger partial charge is 0.222 e. The van der Waals surface area contributed by atoms with E-state index in [1.807, 2.05) is 4.90 Å². The van der Waals surface area contributed by atoms with E-state index in [0.717, 1.165) is 38.4 Å². The molecular formula is C19H27FN2O2. The van der Waals surface area contributed by atoms with Crippen LogP contribution in [0, 0.1) is 11.7 Å². The summed E-state index contributed by atoms with van der Waals surface area (Å²) in [5.74, 6) is 0.990. The van der Waals surface area contributed by atoms with Crippen molar-refractivity contribution in [2.45, 2.75) is 44.6 Å². The number of ether oxygens (including phenoxy) is 1. The zero-order valence-corrected chi connectivity index (χ0v) is 14.2. The molecule has 1 aromatic carbocycles. The molecule has 132 valence electrons. The third kappa shape index (κ3) is 5.20. The lowest BCUT2D eigenvalue weighted by molar-refractivity contribution is -0.132.